The molecule has 3 aromatic rings. The van der Waals surface area contributed by atoms with Gasteiger partial charge in [-0.3, -0.25) is 0 Å². The summed E-state index contributed by atoms with van der Waals surface area (Å²) in [5.41, 5.74) is 2.01. The summed E-state index contributed by atoms with van der Waals surface area (Å²) < 4.78 is 62.1. The monoisotopic (exact) mass is 503 g/mol. The highest BCUT2D eigenvalue weighted by Crippen LogP contribution is 2.48. The third-order valence-corrected chi connectivity index (χ3v) is 7.49. The van der Waals surface area contributed by atoms with Crippen molar-refractivity contribution in [1.82, 2.24) is 0 Å². The van der Waals surface area contributed by atoms with E-state index in [1.807, 2.05) is 30.3 Å². The number of thioether (sulfide) groups is 1. The molecule has 1 atom stereocenters. The van der Waals surface area contributed by atoms with E-state index >= 15 is 0 Å². The van der Waals surface area contributed by atoms with E-state index in [1.54, 1.807) is 32.0 Å². The maximum absolute atomic E-state index is 13.4. The topological polar surface area (TPSA) is 40.2 Å². The summed E-state index contributed by atoms with van der Waals surface area (Å²) in [6.07, 6.45) is -3.71. The lowest BCUT2D eigenvalue weighted by molar-refractivity contribution is -0.137. The molecule has 184 valence electrons. The highest BCUT2D eigenvalue weighted by atomic mass is 32.2. The molecule has 0 saturated carbocycles. The van der Waals surface area contributed by atoms with Crippen LogP contribution in [0.4, 0.5) is 18.9 Å². The highest BCUT2D eigenvalue weighted by Gasteiger charge is 2.32. The molecule has 0 aliphatic carbocycles. The molecule has 5 nitrogen and oxygen atoms in total. The maximum atomic E-state index is 13.4. The van der Waals surface area contributed by atoms with Gasteiger partial charge in [-0.2, -0.15) is 13.2 Å². The van der Waals surface area contributed by atoms with Gasteiger partial charge in [0.05, 0.1) is 25.5 Å². The number of anilines is 1. The zero-order valence-corrected chi connectivity index (χ0v) is 20.0. The van der Waals surface area contributed by atoms with Crippen molar-refractivity contribution < 1.29 is 32.1 Å². The summed E-state index contributed by atoms with van der Waals surface area (Å²) in [6, 6.07) is 15.3. The lowest BCUT2D eigenvalue weighted by atomic mass is 10.0. The minimum absolute atomic E-state index is 0.139. The summed E-state index contributed by atoms with van der Waals surface area (Å²) in [5, 5.41) is -0.139. The lowest BCUT2D eigenvalue weighted by Gasteiger charge is -2.25. The Balaban J connectivity index is 1.48. The lowest BCUT2D eigenvalue weighted by Crippen LogP contribution is -2.24. The molecule has 5 rings (SSSR count). The fourth-order valence-corrected chi connectivity index (χ4v) is 5.71. The molecule has 0 fully saturated rings. The van der Waals surface area contributed by atoms with Gasteiger partial charge < -0.3 is 23.8 Å². The van der Waals surface area contributed by atoms with E-state index in [4.69, 9.17) is 18.9 Å². The number of benzene rings is 3. The number of nitrogens with zero attached hydrogens (tertiary/aromatic N) is 1. The maximum Gasteiger partial charge on any atom is 0.416 e. The predicted molar refractivity (Wildman–Crippen MR) is 128 cm³/mol. The highest BCUT2D eigenvalue weighted by molar-refractivity contribution is 7.99. The molecule has 0 saturated heterocycles. The number of hydrogen-bond acceptors (Lipinski definition) is 6. The zero-order valence-electron chi connectivity index (χ0n) is 19.2. The Morgan fingerprint density at radius 3 is 2.66 bits per heavy atom. The van der Waals surface area contributed by atoms with Crippen LogP contribution in [0.2, 0.25) is 0 Å². The van der Waals surface area contributed by atoms with Gasteiger partial charge in [-0.1, -0.05) is 18.2 Å². The SMILES string of the molecule is COc1ccc2c(c1)SC(c1cccc(C(F)(F)F)c1)CCN2Cc1cc(OC)c2c(c1)OCO2. The van der Waals surface area contributed by atoms with Crippen molar-refractivity contribution in [3.63, 3.8) is 0 Å². The molecule has 1 unspecified atom stereocenters. The number of hydrogen-bond donors (Lipinski definition) is 0. The summed E-state index contributed by atoms with van der Waals surface area (Å²) in [5.74, 6) is 2.54. The summed E-state index contributed by atoms with van der Waals surface area (Å²) >= 11 is 1.56. The number of methoxy groups -OCH3 is 2. The van der Waals surface area contributed by atoms with E-state index in [2.05, 4.69) is 4.90 Å². The van der Waals surface area contributed by atoms with Crippen molar-refractivity contribution in [3.8, 4) is 23.0 Å². The van der Waals surface area contributed by atoms with Crippen LogP contribution in [-0.2, 0) is 12.7 Å². The smallest absolute Gasteiger partial charge is 0.416 e. The van der Waals surface area contributed by atoms with E-state index in [0.717, 1.165) is 22.2 Å². The van der Waals surface area contributed by atoms with Crippen LogP contribution in [-0.4, -0.2) is 27.6 Å². The Bertz CT molecular complexity index is 1230. The quantitative estimate of drug-likeness (QED) is 0.386. The van der Waals surface area contributed by atoms with Crippen molar-refractivity contribution >= 4 is 17.4 Å². The van der Waals surface area contributed by atoms with Gasteiger partial charge in [0.15, 0.2) is 11.5 Å². The van der Waals surface area contributed by atoms with Crippen molar-refractivity contribution in [3.05, 3.63) is 71.3 Å². The number of fused-ring (bicyclic) bond motifs is 2. The Labute approximate surface area is 205 Å². The molecule has 2 aliphatic rings. The molecule has 2 aliphatic heterocycles. The minimum Gasteiger partial charge on any atom is -0.497 e. The van der Waals surface area contributed by atoms with Gasteiger partial charge in [0.2, 0.25) is 12.5 Å². The number of halogens is 3. The molecule has 0 amide bonds. The molecule has 0 aromatic heterocycles. The molecule has 9 heteroatoms. The molecular formula is C26H24F3NO4S. The van der Waals surface area contributed by atoms with Crippen LogP contribution in [0.15, 0.2) is 59.5 Å². The second-order valence-electron chi connectivity index (χ2n) is 8.31. The van der Waals surface area contributed by atoms with E-state index in [9.17, 15) is 13.2 Å². The fourth-order valence-electron chi connectivity index (χ4n) is 4.39. The predicted octanol–water partition coefficient (Wildman–Crippen LogP) is 6.70. The van der Waals surface area contributed by atoms with Gasteiger partial charge in [-0.15, -0.1) is 11.8 Å². The largest absolute Gasteiger partial charge is 0.497 e. The molecule has 0 bridgehead atoms. The van der Waals surface area contributed by atoms with Crippen molar-refractivity contribution in [2.24, 2.45) is 0 Å². The minimum atomic E-state index is -4.38. The van der Waals surface area contributed by atoms with E-state index < -0.39 is 11.7 Å². The molecule has 2 heterocycles. The van der Waals surface area contributed by atoms with Gasteiger partial charge in [0.25, 0.3) is 0 Å². The zero-order chi connectivity index (χ0) is 24.6. The van der Waals surface area contributed by atoms with E-state index in [1.165, 1.54) is 12.1 Å². The van der Waals surface area contributed by atoms with Crippen LogP contribution in [0.25, 0.3) is 0 Å². The molecule has 0 N–H and O–H groups in total. The number of ether oxygens (including phenoxy) is 4. The summed E-state index contributed by atoms with van der Waals surface area (Å²) in [6.45, 7) is 1.38. The third kappa shape index (κ3) is 4.82. The van der Waals surface area contributed by atoms with Crippen LogP contribution in [0.3, 0.4) is 0 Å². The first-order valence-electron chi connectivity index (χ1n) is 11.1. The first kappa shape index (κ1) is 23.5. The fraction of sp³-hybridized carbons (Fsp3) is 0.308. The van der Waals surface area contributed by atoms with Gasteiger partial charge in [0.1, 0.15) is 5.75 Å². The normalized spacial score (nSPS) is 17.1. The van der Waals surface area contributed by atoms with Crippen molar-refractivity contribution in [2.75, 3.05) is 32.5 Å². The number of alkyl halides is 3. The van der Waals surface area contributed by atoms with E-state index in [0.29, 0.717) is 48.1 Å². The first-order chi connectivity index (χ1) is 16.9. The second-order valence-corrected chi connectivity index (χ2v) is 9.55. The van der Waals surface area contributed by atoms with Crippen LogP contribution in [0.1, 0.15) is 28.4 Å². The van der Waals surface area contributed by atoms with E-state index in [-0.39, 0.29) is 12.0 Å². The second kappa shape index (κ2) is 9.45. The van der Waals surface area contributed by atoms with Gasteiger partial charge in [-0.05, 0) is 53.9 Å². The number of rotatable bonds is 5. The van der Waals surface area contributed by atoms with Crippen molar-refractivity contribution in [2.45, 2.75) is 29.3 Å². The standard InChI is InChI=1S/C26H24F3NO4S/c1-31-19-6-7-20-24(13-19)35-23(17-4-3-5-18(12-17)26(27,28)29)8-9-30(20)14-16-10-21(32-2)25-22(11-16)33-15-34-25/h3-7,10-13,23H,8-9,14-15H2,1-2H3. The van der Waals surface area contributed by atoms with Crippen LogP contribution in [0, 0.1) is 0 Å². The Hall–Kier alpha value is -3.20. The molecule has 0 radical (unpaired) electrons. The average molecular weight is 504 g/mol. The Morgan fingerprint density at radius 1 is 1.03 bits per heavy atom. The molecular weight excluding hydrogens is 479 g/mol. The van der Waals surface area contributed by atoms with Crippen LogP contribution < -0.4 is 23.8 Å². The average Bonchev–Trinajstić information content (AvgIpc) is 3.26. The van der Waals surface area contributed by atoms with Crippen LogP contribution >= 0.6 is 11.8 Å². The molecule has 35 heavy (non-hydrogen) atoms. The first-order valence-corrected chi connectivity index (χ1v) is 12.0. The Morgan fingerprint density at radius 2 is 1.89 bits per heavy atom. The third-order valence-electron chi connectivity index (χ3n) is 6.12. The summed E-state index contributed by atoms with van der Waals surface area (Å²) in [7, 11) is 3.19. The van der Waals surface area contributed by atoms with Crippen LogP contribution in [0.5, 0.6) is 23.0 Å². The van der Waals surface area contributed by atoms with Gasteiger partial charge in [0, 0.05) is 23.2 Å². The molecule has 3 aromatic carbocycles. The summed E-state index contributed by atoms with van der Waals surface area (Å²) in [4.78, 5) is 3.18. The Kier molecular flexibility index (Phi) is 6.35. The van der Waals surface area contributed by atoms with Gasteiger partial charge >= 0.3 is 6.18 Å². The van der Waals surface area contributed by atoms with Crippen molar-refractivity contribution in [1.29, 1.82) is 0 Å². The van der Waals surface area contributed by atoms with Gasteiger partial charge in [-0.25, -0.2) is 0 Å². The molecule has 0 spiro atoms.